The minimum Gasteiger partial charge on any atom is -0.207 e. The highest BCUT2D eigenvalue weighted by Crippen LogP contribution is 2.47. The molecule has 0 aliphatic heterocycles. The molecule has 0 spiro atoms. The van der Waals surface area contributed by atoms with Gasteiger partial charge in [0.25, 0.3) is 0 Å². The molecule has 3 aliphatic carbocycles. The number of rotatable bonds is 4. The van der Waals surface area contributed by atoms with Gasteiger partial charge in [-0.1, -0.05) is 64.2 Å². The molecule has 3 fully saturated rings. The minimum absolute atomic E-state index is 0.158. The smallest absolute Gasteiger partial charge is 0.207 e. The van der Waals surface area contributed by atoms with Crippen LogP contribution in [0.15, 0.2) is 0 Å². The van der Waals surface area contributed by atoms with E-state index in [0.717, 1.165) is 30.6 Å². The second kappa shape index (κ2) is 7.62. The van der Waals surface area contributed by atoms with Gasteiger partial charge in [-0.25, -0.2) is 8.78 Å². The summed E-state index contributed by atoms with van der Waals surface area (Å²) in [6, 6.07) is 0. The lowest BCUT2D eigenvalue weighted by molar-refractivity contribution is -0.0592. The third-order valence-corrected chi connectivity index (χ3v) is 6.95. The molecule has 3 saturated carbocycles. The third kappa shape index (κ3) is 4.45. The first kappa shape index (κ1) is 16.7. The molecule has 3 rings (SSSR count). The Labute approximate surface area is 135 Å². The third-order valence-electron chi connectivity index (χ3n) is 6.95. The number of alkyl halides is 2. The van der Waals surface area contributed by atoms with E-state index in [9.17, 15) is 8.78 Å². The molecule has 0 N–H and O–H groups in total. The summed E-state index contributed by atoms with van der Waals surface area (Å²) in [5.74, 6) is 0.762. The molecule has 1 atom stereocenters. The van der Waals surface area contributed by atoms with Crippen LogP contribution in [0.3, 0.4) is 0 Å². The Morgan fingerprint density at radius 2 is 1.18 bits per heavy atom. The fourth-order valence-electron chi connectivity index (χ4n) is 5.63. The molecule has 1 unspecified atom stereocenters. The summed E-state index contributed by atoms with van der Waals surface area (Å²) in [6.45, 7) is 0. The van der Waals surface area contributed by atoms with Crippen molar-refractivity contribution in [1.29, 1.82) is 0 Å². The highest BCUT2D eigenvalue weighted by Gasteiger charge is 2.40. The summed E-state index contributed by atoms with van der Waals surface area (Å²) in [7, 11) is 0. The molecule has 0 saturated heterocycles. The average molecular weight is 312 g/mol. The zero-order valence-electron chi connectivity index (χ0n) is 14.2. The Balaban J connectivity index is 1.62. The van der Waals surface area contributed by atoms with E-state index in [4.69, 9.17) is 0 Å². The van der Waals surface area contributed by atoms with Gasteiger partial charge in [0.2, 0.25) is 5.92 Å². The Morgan fingerprint density at radius 1 is 0.682 bits per heavy atom. The van der Waals surface area contributed by atoms with Crippen molar-refractivity contribution in [1.82, 2.24) is 0 Å². The molecule has 0 nitrogen and oxygen atoms in total. The fraction of sp³-hybridized carbons (Fsp3) is 1.00. The molecular weight excluding hydrogens is 278 g/mol. The molecule has 0 amide bonds. The molecule has 22 heavy (non-hydrogen) atoms. The quantitative estimate of drug-likeness (QED) is 0.525. The molecule has 0 radical (unpaired) electrons. The van der Waals surface area contributed by atoms with Crippen LogP contribution in [0.5, 0.6) is 0 Å². The summed E-state index contributed by atoms with van der Waals surface area (Å²) < 4.78 is 27.1. The maximum absolute atomic E-state index is 13.5. The van der Waals surface area contributed by atoms with Gasteiger partial charge in [0.1, 0.15) is 0 Å². The van der Waals surface area contributed by atoms with Crippen LogP contribution in [-0.4, -0.2) is 5.92 Å². The Bertz CT molecular complexity index is 317. The first-order valence-electron chi connectivity index (χ1n) is 10.0. The highest BCUT2D eigenvalue weighted by molar-refractivity contribution is 4.87. The van der Waals surface area contributed by atoms with Crippen LogP contribution in [0.4, 0.5) is 8.78 Å². The van der Waals surface area contributed by atoms with E-state index in [1.54, 1.807) is 0 Å². The molecule has 0 aromatic carbocycles. The Kier molecular flexibility index (Phi) is 5.79. The van der Waals surface area contributed by atoms with Crippen LogP contribution in [0.2, 0.25) is 0 Å². The van der Waals surface area contributed by atoms with E-state index in [2.05, 4.69) is 0 Å². The number of halogens is 2. The van der Waals surface area contributed by atoms with E-state index >= 15 is 0 Å². The summed E-state index contributed by atoms with van der Waals surface area (Å²) in [4.78, 5) is 0. The summed E-state index contributed by atoms with van der Waals surface area (Å²) in [5, 5.41) is 0. The Hall–Kier alpha value is -0.140. The maximum atomic E-state index is 13.5. The van der Waals surface area contributed by atoms with Crippen molar-refractivity contribution in [2.24, 2.45) is 23.7 Å². The van der Waals surface area contributed by atoms with Crippen LogP contribution in [-0.2, 0) is 0 Å². The van der Waals surface area contributed by atoms with Crippen LogP contribution >= 0.6 is 0 Å². The van der Waals surface area contributed by atoms with Crippen molar-refractivity contribution in [3.05, 3.63) is 0 Å². The largest absolute Gasteiger partial charge is 0.248 e. The molecular formula is C20H34F2. The number of hydrogen-bond donors (Lipinski definition) is 0. The highest BCUT2D eigenvalue weighted by atomic mass is 19.3. The normalized spacial score (nSPS) is 30.3. The molecule has 0 heterocycles. The predicted octanol–water partition coefficient (Wildman–Crippen LogP) is 6.98. The molecule has 0 aromatic heterocycles. The van der Waals surface area contributed by atoms with E-state index < -0.39 is 5.92 Å². The first-order chi connectivity index (χ1) is 10.6. The van der Waals surface area contributed by atoms with Crippen molar-refractivity contribution < 1.29 is 8.78 Å². The van der Waals surface area contributed by atoms with Crippen molar-refractivity contribution in [2.45, 2.75) is 102 Å². The molecule has 3 aliphatic rings. The summed E-state index contributed by atoms with van der Waals surface area (Å²) in [5.41, 5.74) is 0. The second-order valence-corrected chi connectivity index (χ2v) is 8.50. The van der Waals surface area contributed by atoms with Crippen molar-refractivity contribution in [3.63, 3.8) is 0 Å². The topological polar surface area (TPSA) is 0 Å². The monoisotopic (exact) mass is 312 g/mol. The average Bonchev–Trinajstić information content (AvgIpc) is 2.55. The lowest BCUT2D eigenvalue weighted by Gasteiger charge is -2.41. The minimum atomic E-state index is -2.36. The van der Waals surface area contributed by atoms with Gasteiger partial charge in [0.05, 0.1) is 0 Å². The van der Waals surface area contributed by atoms with Crippen molar-refractivity contribution in [3.8, 4) is 0 Å². The van der Waals surface area contributed by atoms with Gasteiger partial charge in [0.15, 0.2) is 0 Å². The van der Waals surface area contributed by atoms with Gasteiger partial charge in [-0.15, -0.1) is 0 Å². The Morgan fingerprint density at radius 3 is 1.77 bits per heavy atom. The fourth-order valence-corrected chi connectivity index (χ4v) is 5.63. The van der Waals surface area contributed by atoms with E-state index in [0.29, 0.717) is 5.92 Å². The van der Waals surface area contributed by atoms with Crippen molar-refractivity contribution >= 4 is 0 Å². The van der Waals surface area contributed by atoms with Gasteiger partial charge >= 0.3 is 0 Å². The van der Waals surface area contributed by atoms with Crippen LogP contribution < -0.4 is 0 Å². The number of hydrogen-bond acceptors (Lipinski definition) is 0. The van der Waals surface area contributed by atoms with Crippen molar-refractivity contribution in [2.75, 3.05) is 0 Å². The molecule has 128 valence electrons. The predicted molar refractivity (Wildman–Crippen MR) is 88.2 cm³/mol. The zero-order chi connectivity index (χ0) is 15.4. The lowest BCUT2D eigenvalue weighted by Crippen LogP contribution is -2.34. The van der Waals surface area contributed by atoms with Gasteiger partial charge in [-0.05, 0) is 42.9 Å². The van der Waals surface area contributed by atoms with Crippen LogP contribution in [0, 0.1) is 23.7 Å². The standard InChI is InChI=1S/C20H34F2/c21-20(22)13-11-18(12-14-20)19(17-9-5-2-6-10-17)15-16-7-3-1-4-8-16/h16-19H,1-15H2. The van der Waals surface area contributed by atoms with E-state index in [1.165, 1.54) is 70.6 Å². The SMILES string of the molecule is FC1(F)CCC(C(CC2CCCCC2)C2CCCCC2)CC1. The van der Waals surface area contributed by atoms with Crippen LogP contribution in [0.25, 0.3) is 0 Å². The lowest BCUT2D eigenvalue weighted by atomic mass is 9.65. The van der Waals surface area contributed by atoms with E-state index in [1.807, 2.05) is 0 Å². The molecule has 0 bridgehead atoms. The second-order valence-electron chi connectivity index (χ2n) is 8.50. The van der Waals surface area contributed by atoms with Crippen LogP contribution in [0.1, 0.15) is 96.3 Å². The molecule has 2 heteroatoms. The van der Waals surface area contributed by atoms with Gasteiger partial charge in [0, 0.05) is 12.8 Å². The van der Waals surface area contributed by atoms with Gasteiger partial charge in [-0.2, -0.15) is 0 Å². The maximum Gasteiger partial charge on any atom is 0.248 e. The van der Waals surface area contributed by atoms with Gasteiger partial charge < -0.3 is 0 Å². The first-order valence-corrected chi connectivity index (χ1v) is 10.0. The summed E-state index contributed by atoms with van der Waals surface area (Å²) >= 11 is 0. The van der Waals surface area contributed by atoms with E-state index in [-0.39, 0.29) is 12.8 Å². The zero-order valence-corrected chi connectivity index (χ0v) is 14.2. The summed E-state index contributed by atoms with van der Waals surface area (Å²) in [6.07, 6.45) is 17.2. The van der Waals surface area contributed by atoms with Gasteiger partial charge in [-0.3, -0.25) is 0 Å². The molecule has 0 aromatic rings.